The Hall–Kier alpha value is -2.77. The topological polar surface area (TPSA) is 86.4 Å². The number of pyridine rings is 1. The summed E-state index contributed by atoms with van der Waals surface area (Å²) in [6, 6.07) is 11.8. The lowest BCUT2D eigenvalue weighted by atomic mass is 9.95. The number of hydrogen-bond donors (Lipinski definition) is 3. The van der Waals surface area contributed by atoms with Crippen molar-refractivity contribution in [1.82, 2.24) is 26.1 Å². The number of aryl methyl sites for hydroxylation is 1. The molecule has 0 saturated carbocycles. The SMILES string of the molecule is Cc1ccc(CNC(=O)C2CCCN(C(=O)C3CC(c4cccnc4)NN3)C2)cc1. The second-order valence-corrected chi connectivity index (χ2v) is 8.24. The first kappa shape index (κ1) is 20.5. The van der Waals surface area contributed by atoms with Gasteiger partial charge in [0, 0.05) is 38.1 Å². The number of carbonyl (C=O) groups is 2. The lowest BCUT2D eigenvalue weighted by Gasteiger charge is -2.33. The van der Waals surface area contributed by atoms with Gasteiger partial charge in [-0.2, -0.15) is 0 Å². The summed E-state index contributed by atoms with van der Waals surface area (Å²) in [5.74, 6) is -0.0691. The van der Waals surface area contributed by atoms with Crippen molar-refractivity contribution in [2.75, 3.05) is 13.1 Å². The third-order valence-electron chi connectivity index (χ3n) is 5.98. The predicted octanol–water partition coefficient (Wildman–Crippen LogP) is 1.85. The number of carbonyl (C=O) groups excluding carboxylic acids is 2. The van der Waals surface area contributed by atoms with E-state index in [9.17, 15) is 9.59 Å². The number of amides is 2. The van der Waals surface area contributed by atoms with Gasteiger partial charge in [-0.05, 0) is 43.4 Å². The number of aromatic nitrogens is 1. The Labute approximate surface area is 177 Å². The normalized spacial score (nSPS) is 23.9. The molecule has 158 valence electrons. The highest BCUT2D eigenvalue weighted by Gasteiger charge is 2.36. The molecule has 3 unspecified atom stereocenters. The third kappa shape index (κ3) is 4.86. The highest BCUT2D eigenvalue weighted by Crippen LogP contribution is 2.24. The zero-order valence-electron chi connectivity index (χ0n) is 17.3. The van der Waals surface area contributed by atoms with Crippen LogP contribution < -0.4 is 16.2 Å². The van der Waals surface area contributed by atoms with Crippen molar-refractivity contribution in [2.45, 2.75) is 44.8 Å². The van der Waals surface area contributed by atoms with Crippen LogP contribution in [-0.2, 0) is 16.1 Å². The van der Waals surface area contributed by atoms with E-state index >= 15 is 0 Å². The van der Waals surface area contributed by atoms with Gasteiger partial charge in [-0.1, -0.05) is 35.9 Å². The lowest BCUT2D eigenvalue weighted by Crippen LogP contribution is -2.51. The number of nitrogens with zero attached hydrogens (tertiary/aromatic N) is 2. The number of rotatable bonds is 5. The zero-order valence-corrected chi connectivity index (χ0v) is 17.3. The van der Waals surface area contributed by atoms with Crippen LogP contribution in [0.4, 0.5) is 0 Å². The second kappa shape index (κ2) is 9.36. The van der Waals surface area contributed by atoms with E-state index in [4.69, 9.17) is 0 Å². The van der Waals surface area contributed by atoms with E-state index in [1.54, 1.807) is 6.20 Å². The Morgan fingerprint density at radius 3 is 2.80 bits per heavy atom. The maximum absolute atomic E-state index is 13.0. The second-order valence-electron chi connectivity index (χ2n) is 8.24. The van der Waals surface area contributed by atoms with Gasteiger partial charge >= 0.3 is 0 Å². The van der Waals surface area contributed by atoms with Gasteiger partial charge in [0.1, 0.15) is 6.04 Å². The first-order chi connectivity index (χ1) is 14.6. The quantitative estimate of drug-likeness (QED) is 0.704. The lowest BCUT2D eigenvalue weighted by molar-refractivity contribution is -0.137. The van der Waals surface area contributed by atoms with Gasteiger partial charge in [0.15, 0.2) is 0 Å². The minimum atomic E-state index is -0.287. The predicted molar refractivity (Wildman–Crippen MR) is 114 cm³/mol. The van der Waals surface area contributed by atoms with E-state index in [2.05, 4.69) is 21.2 Å². The van der Waals surface area contributed by atoms with Crippen molar-refractivity contribution in [1.29, 1.82) is 0 Å². The van der Waals surface area contributed by atoms with Gasteiger partial charge in [-0.15, -0.1) is 0 Å². The Bertz CT molecular complexity index is 871. The molecule has 2 aliphatic rings. The molecule has 3 N–H and O–H groups in total. The van der Waals surface area contributed by atoms with Crippen LogP contribution in [0.15, 0.2) is 48.8 Å². The van der Waals surface area contributed by atoms with Gasteiger partial charge in [0.25, 0.3) is 0 Å². The summed E-state index contributed by atoms with van der Waals surface area (Å²) >= 11 is 0. The molecule has 3 heterocycles. The molecule has 3 atom stereocenters. The van der Waals surface area contributed by atoms with Crippen LogP contribution in [0.2, 0.25) is 0 Å². The van der Waals surface area contributed by atoms with E-state index in [1.807, 2.05) is 54.4 Å². The van der Waals surface area contributed by atoms with E-state index in [1.165, 1.54) is 5.56 Å². The van der Waals surface area contributed by atoms with Gasteiger partial charge in [-0.3, -0.25) is 14.6 Å². The molecule has 0 aliphatic carbocycles. The fraction of sp³-hybridized carbons (Fsp3) is 0.435. The smallest absolute Gasteiger partial charge is 0.241 e. The molecule has 30 heavy (non-hydrogen) atoms. The monoisotopic (exact) mass is 407 g/mol. The standard InChI is InChI=1S/C23H29N5O2/c1-16-6-8-17(9-7-16)13-25-22(29)19-5-3-11-28(15-19)23(30)21-12-20(26-27-21)18-4-2-10-24-14-18/h2,4,6-10,14,19-21,26-27H,3,5,11-13,15H2,1H3,(H,25,29). The van der Waals surface area contributed by atoms with Crippen LogP contribution in [0.1, 0.15) is 42.0 Å². The molecular weight excluding hydrogens is 378 g/mol. The van der Waals surface area contributed by atoms with Crippen LogP contribution in [0.3, 0.4) is 0 Å². The third-order valence-corrected chi connectivity index (χ3v) is 5.98. The van der Waals surface area contributed by atoms with Crippen LogP contribution in [0, 0.1) is 12.8 Å². The summed E-state index contributed by atoms with van der Waals surface area (Å²) in [6.07, 6.45) is 5.90. The van der Waals surface area contributed by atoms with Crippen molar-refractivity contribution in [3.63, 3.8) is 0 Å². The Morgan fingerprint density at radius 2 is 2.03 bits per heavy atom. The van der Waals surface area contributed by atoms with Gasteiger partial charge in [0.2, 0.25) is 11.8 Å². The molecule has 1 aromatic carbocycles. The van der Waals surface area contributed by atoms with E-state index in [0.717, 1.165) is 24.0 Å². The molecule has 0 bridgehead atoms. The van der Waals surface area contributed by atoms with E-state index < -0.39 is 0 Å². The molecule has 2 saturated heterocycles. The minimum Gasteiger partial charge on any atom is -0.352 e. The molecule has 7 nitrogen and oxygen atoms in total. The minimum absolute atomic E-state index is 0.0267. The molecule has 7 heteroatoms. The maximum Gasteiger partial charge on any atom is 0.241 e. The van der Waals surface area contributed by atoms with Crippen LogP contribution in [0.5, 0.6) is 0 Å². The molecule has 2 aliphatic heterocycles. The molecule has 4 rings (SSSR count). The van der Waals surface area contributed by atoms with Crippen LogP contribution >= 0.6 is 0 Å². The fourth-order valence-electron chi connectivity index (χ4n) is 4.17. The molecular formula is C23H29N5O2. The number of benzene rings is 1. The average molecular weight is 408 g/mol. The van der Waals surface area contributed by atoms with Crippen molar-refractivity contribution >= 4 is 11.8 Å². The summed E-state index contributed by atoms with van der Waals surface area (Å²) in [5.41, 5.74) is 9.68. The zero-order chi connectivity index (χ0) is 20.9. The highest BCUT2D eigenvalue weighted by molar-refractivity contribution is 5.84. The fourth-order valence-corrected chi connectivity index (χ4v) is 4.17. The summed E-state index contributed by atoms with van der Waals surface area (Å²) in [5, 5.41) is 3.03. The van der Waals surface area contributed by atoms with Crippen molar-refractivity contribution in [2.24, 2.45) is 5.92 Å². The summed E-state index contributed by atoms with van der Waals surface area (Å²) in [4.78, 5) is 31.7. The highest BCUT2D eigenvalue weighted by atomic mass is 16.2. The first-order valence-corrected chi connectivity index (χ1v) is 10.6. The number of nitrogens with one attached hydrogen (secondary N) is 3. The van der Waals surface area contributed by atoms with Gasteiger partial charge < -0.3 is 10.2 Å². The van der Waals surface area contributed by atoms with Crippen LogP contribution in [0.25, 0.3) is 0 Å². The van der Waals surface area contributed by atoms with E-state index in [0.29, 0.717) is 26.1 Å². The molecule has 1 aromatic heterocycles. The first-order valence-electron chi connectivity index (χ1n) is 10.6. The summed E-state index contributed by atoms with van der Waals surface area (Å²) in [6.45, 7) is 3.75. The number of piperidine rings is 1. The number of likely N-dealkylation sites (tertiary alicyclic amines) is 1. The van der Waals surface area contributed by atoms with E-state index in [-0.39, 0.29) is 29.8 Å². The number of hydrogen-bond acceptors (Lipinski definition) is 5. The number of hydrazine groups is 1. The Balaban J connectivity index is 1.29. The van der Waals surface area contributed by atoms with Gasteiger partial charge in [-0.25, -0.2) is 10.9 Å². The van der Waals surface area contributed by atoms with Crippen LogP contribution in [-0.4, -0.2) is 40.8 Å². The summed E-state index contributed by atoms with van der Waals surface area (Å²) < 4.78 is 0. The molecule has 2 amide bonds. The molecule has 0 spiro atoms. The maximum atomic E-state index is 13.0. The van der Waals surface area contributed by atoms with Crippen molar-refractivity contribution < 1.29 is 9.59 Å². The Kier molecular flexibility index (Phi) is 6.40. The van der Waals surface area contributed by atoms with Crippen molar-refractivity contribution in [3.8, 4) is 0 Å². The van der Waals surface area contributed by atoms with Crippen molar-refractivity contribution in [3.05, 3.63) is 65.5 Å². The summed E-state index contributed by atoms with van der Waals surface area (Å²) in [7, 11) is 0. The molecule has 2 aromatic rings. The molecule has 2 fully saturated rings. The largest absolute Gasteiger partial charge is 0.352 e. The Morgan fingerprint density at radius 1 is 1.20 bits per heavy atom. The molecule has 0 radical (unpaired) electrons. The average Bonchev–Trinajstić information content (AvgIpc) is 3.29. The van der Waals surface area contributed by atoms with Gasteiger partial charge in [0.05, 0.1) is 5.92 Å².